The van der Waals surface area contributed by atoms with Gasteiger partial charge in [-0.2, -0.15) is 9.97 Å². The van der Waals surface area contributed by atoms with Crippen molar-refractivity contribution in [3.8, 4) is 11.8 Å². The zero-order valence-corrected chi connectivity index (χ0v) is 7.77. The summed E-state index contributed by atoms with van der Waals surface area (Å²) >= 11 is 16.2. The van der Waals surface area contributed by atoms with Gasteiger partial charge in [0.1, 0.15) is 0 Å². The summed E-state index contributed by atoms with van der Waals surface area (Å²) in [6.07, 6.45) is 0. The molecule has 0 atom stereocenters. The molecule has 0 fully saturated rings. The smallest absolute Gasteiger partial charge is 0.250 e. The number of aromatic nitrogens is 2. The van der Waals surface area contributed by atoms with Crippen molar-refractivity contribution in [1.82, 2.24) is 9.97 Å². The van der Waals surface area contributed by atoms with Gasteiger partial charge >= 0.3 is 0 Å². The van der Waals surface area contributed by atoms with Crippen LogP contribution in [0.5, 0.6) is 11.8 Å². The molecule has 4 nitrogen and oxygen atoms in total. The summed E-state index contributed by atoms with van der Waals surface area (Å²) in [5.41, 5.74) is 0. The molecular formula is C5H3Cl3N2O2. The highest BCUT2D eigenvalue weighted by atomic mass is 35.6. The van der Waals surface area contributed by atoms with Gasteiger partial charge < -0.3 is 10.2 Å². The van der Waals surface area contributed by atoms with Crippen LogP contribution in [0.1, 0.15) is 5.82 Å². The second-order valence-corrected chi connectivity index (χ2v) is 4.19. The Labute approximate surface area is 82.7 Å². The minimum Gasteiger partial charge on any atom is -0.493 e. The third kappa shape index (κ3) is 2.27. The van der Waals surface area contributed by atoms with Gasteiger partial charge in [0.2, 0.25) is 15.6 Å². The lowest BCUT2D eigenvalue weighted by Crippen LogP contribution is -2.06. The summed E-state index contributed by atoms with van der Waals surface area (Å²) in [7, 11) is 0. The lowest BCUT2D eigenvalue weighted by molar-refractivity contribution is 0.417. The lowest BCUT2D eigenvalue weighted by Gasteiger charge is -2.08. The summed E-state index contributed by atoms with van der Waals surface area (Å²) in [6.45, 7) is 0. The van der Waals surface area contributed by atoms with Crippen LogP contribution >= 0.6 is 34.8 Å². The van der Waals surface area contributed by atoms with E-state index in [1.807, 2.05) is 0 Å². The molecule has 0 spiro atoms. The summed E-state index contributed by atoms with van der Waals surface area (Å²) in [5, 5.41) is 17.7. The summed E-state index contributed by atoms with van der Waals surface area (Å²) in [6, 6.07) is 0.930. The van der Waals surface area contributed by atoms with Crippen LogP contribution in [0, 0.1) is 0 Å². The number of rotatable bonds is 0. The molecule has 0 saturated heterocycles. The second-order valence-electron chi connectivity index (χ2n) is 1.91. The van der Waals surface area contributed by atoms with Crippen LogP contribution in [0.25, 0.3) is 0 Å². The second kappa shape index (κ2) is 3.12. The van der Waals surface area contributed by atoms with E-state index in [9.17, 15) is 0 Å². The monoisotopic (exact) mass is 228 g/mol. The van der Waals surface area contributed by atoms with E-state index < -0.39 is 15.6 Å². The highest BCUT2D eigenvalue weighted by Gasteiger charge is 2.27. The minimum atomic E-state index is -1.85. The van der Waals surface area contributed by atoms with E-state index >= 15 is 0 Å². The maximum absolute atomic E-state index is 8.87. The van der Waals surface area contributed by atoms with Crippen molar-refractivity contribution in [3.63, 3.8) is 0 Å². The van der Waals surface area contributed by atoms with Gasteiger partial charge in [-0.3, -0.25) is 0 Å². The van der Waals surface area contributed by atoms with Crippen molar-refractivity contribution in [1.29, 1.82) is 0 Å². The average Bonchev–Trinajstić information content (AvgIpc) is 1.82. The number of halogens is 3. The number of hydrogen-bond donors (Lipinski definition) is 2. The molecule has 1 aromatic heterocycles. The van der Waals surface area contributed by atoms with Crippen molar-refractivity contribution >= 4 is 34.8 Å². The fourth-order valence-corrected chi connectivity index (χ4v) is 0.802. The molecule has 0 unspecified atom stereocenters. The molecular weight excluding hydrogens is 226 g/mol. The third-order valence-electron chi connectivity index (χ3n) is 0.953. The zero-order valence-electron chi connectivity index (χ0n) is 5.50. The van der Waals surface area contributed by atoms with Crippen molar-refractivity contribution in [2.45, 2.75) is 3.79 Å². The van der Waals surface area contributed by atoms with Gasteiger partial charge in [0.15, 0.2) is 5.82 Å². The molecule has 0 aliphatic heterocycles. The lowest BCUT2D eigenvalue weighted by atomic mass is 10.5. The Balaban J connectivity index is 3.18. The Bertz CT molecular complexity index is 279. The molecule has 1 heterocycles. The molecule has 0 bridgehead atoms. The maximum atomic E-state index is 8.87. The molecule has 1 rings (SSSR count). The Morgan fingerprint density at radius 2 is 1.50 bits per heavy atom. The molecule has 0 saturated carbocycles. The first-order chi connectivity index (χ1) is 5.39. The van der Waals surface area contributed by atoms with Gasteiger partial charge in [-0.1, -0.05) is 34.8 Å². The van der Waals surface area contributed by atoms with E-state index in [1.165, 1.54) is 0 Å². The van der Waals surface area contributed by atoms with Gasteiger partial charge in [-0.15, -0.1) is 0 Å². The molecule has 1 aromatic rings. The highest BCUT2D eigenvalue weighted by molar-refractivity contribution is 6.66. The summed E-state index contributed by atoms with van der Waals surface area (Å²) in [5.74, 6) is -1.18. The molecule has 0 amide bonds. The first kappa shape index (κ1) is 9.64. The van der Waals surface area contributed by atoms with Crippen LogP contribution in [0.4, 0.5) is 0 Å². The van der Waals surface area contributed by atoms with E-state index in [1.54, 1.807) is 0 Å². The van der Waals surface area contributed by atoms with Crippen LogP contribution in [-0.4, -0.2) is 20.2 Å². The van der Waals surface area contributed by atoms with Gasteiger partial charge in [-0.05, 0) is 0 Å². The topological polar surface area (TPSA) is 66.2 Å². The predicted molar refractivity (Wildman–Crippen MR) is 44.6 cm³/mol. The van der Waals surface area contributed by atoms with Crippen molar-refractivity contribution in [3.05, 3.63) is 11.9 Å². The molecule has 0 aliphatic carbocycles. The van der Waals surface area contributed by atoms with Crippen LogP contribution in [0.15, 0.2) is 6.07 Å². The molecule has 0 aliphatic rings. The van der Waals surface area contributed by atoms with Crippen LogP contribution in [0.2, 0.25) is 0 Å². The van der Waals surface area contributed by atoms with E-state index in [2.05, 4.69) is 9.97 Å². The standard InChI is InChI=1S/C5H3Cl3N2O2/c6-5(7,8)4-9-2(11)1-3(12)10-4/h1H,(H2,9,10,11,12). The maximum Gasteiger partial charge on any atom is 0.250 e. The highest BCUT2D eigenvalue weighted by Crippen LogP contribution is 2.37. The SMILES string of the molecule is Oc1cc(O)nc(C(Cl)(Cl)Cl)n1. The largest absolute Gasteiger partial charge is 0.493 e. The van der Waals surface area contributed by atoms with E-state index in [4.69, 9.17) is 45.0 Å². The van der Waals surface area contributed by atoms with Gasteiger partial charge in [0, 0.05) is 0 Å². The first-order valence-electron chi connectivity index (χ1n) is 2.74. The minimum absolute atomic E-state index is 0.273. The predicted octanol–water partition coefficient (Wildman–Crippen LogP) is 1.71. The summed E-state index contributed by atoms with van der Waals surface area (Å²) in [4.78, 5) is 6.79. The number of nitrogens with zero attached hydrogens (tertiary/aromatic N) is 2. The molecule has 66 valence electrons. The molecule has 7 heteroatoms. The van der Waals surface area contributed by atoms with Gasteiger partial charge in [0.25, 0.3) is 0 Å². The van der Waals surface area contributed by atoms with Gasteiger partial charge in [0.05, 0.1) is 6.07 Å². The Morgan fingerprint density at radius 3 is 1.83 bits per heavy atom. The number of hydrogen-bond acceptors (Lipinski definition) is 4. The molecule has 2 N–H and O–H groups in total. The Morgan fingerprint density at radius 1 is 1.08 bits per heavy atom. The van der Waals surface area contributed by atoms with E-state index in [0.29, 0.717) is 0 Å². The average molecular weight is 229 g/mol. The number of aromatic hydroxyl groups is 2. The summed E-state index contributed by atoms with van der Waals surface area (Å²) < 4.78 is -1.85. The fourth-order valence-electron chi connectivity index (χ4n) is 0.549. The van der Waals surface area contributed by atoms with E-state index in [0.717, 1.165) is 6.07 Å². The third-order valence-corrected chi connectivity index (χ3v) is 1.46. The van der Waals surface area contributed by atoms with Crippen LogP contribution in [-0.2, 0) is 3.79 Å². The Kier molecular flexibility index (Phi) is 2.51. The molecule has 12 heavy (non-hydrogen) atoms. The molecule has 0 radical (unpaired) electrons. The van der Waals surface area contributed by atoms with Gasteiger partial charge in [-0.25, -0.2) is 0 Å². The Hall–Kier alpha value is -0.450. The first-order valence-corrected chi connectivity index (χ1v) is 3.87. The zero-order chi connectivity index (χ0) is 9.35. The number of alkyl halides is 3. The fraction of sp³-hybridized carbons (Fsp3) is 0.200. The quantitative estimate of drug-likeness (QED) is 0.665. The molecule has 0 aromatic carbocycles. The van der Waals surface area contributed by atoms with Crippen molar-refractivity contribution < 1.29 is 10.2 Å². The van der Waals surface area contributed by atoms with E-state index in [-0.39, 0.29) is 5.82 Å². The normalized spacial score (nSPS) is 11.6. The van der Waals surface area contributed by atoms with Crippen LogP contribution < -0.4 is 0 Å². The van der Waals surface area contributed by atoms with Crippen molar-refractivity contribution in [2.24, 2.45) is 0 Å². The van der Waals surface area contributed by atoms with Crippen molar-refractivity contribution in [2.75, 3.05) is 0 Å². The van der Waals surface area contributed by atoms with Crippen LogP contribution in [0.3, 0.4) is 0 Å².